The van der Waals surface area contributed by atoms with E-state index in [9.17, 15) is 0 Å². The molecule has 7 heavy (non-hydrogen) atoms. The zero-order chi connectivity index (χ0) is 5.11. The highest BCUT2D eigenvalue weighted by Crippen LogP contribution is 2.02. The van der Waals surface area contributed by atoms with Crippen LogP contribution in [0, 0.1) is 7.11 Å². The summed E-state index contributed by atoms with van der Waals surface area (Å²) in [6.45, 7) is 0.709. The van der Waals surface area contributed by atoms with Crippen LogP contribution < -0.4 is 0 Å². The molecule has 0 saturated carbocycles. The maximum atomic E-state index is 4.80. The first kappa shape index (κ1) is 5.03. The molecule has 0 aliphatic carbocycles. The molecular formula is C4H7O3. The lowest BCUT2D eigenvalue weighted by atomic mass is 10.8. The molecule has 1 aliphatic rings. The van der Waals surface area contributed by atoms with Gasteiger partial charge in [0.15, 0.2) is 0 Å². The van der Waals surface area contributed by atoms with Crippen molar-refractivity contribution in [1.29, 1.82) is 0 Å². The van der Waals surface area contributed by atoms with E-state index in [1.165, 1.54) is 0 Å². The normalized spacial score (nSPS) is 23.6. The van der Waals surface area contributed by atoms with Crippen LogP contribution in [0.5, 0.6) is 0 Å². The molecule has 1 heterocycles. The van der Waals surface area contributed by atoms with Gasteiger partial charge in [0.2, 0.25) is 0 Å². The van der Waals surface area contributed by atoms with E-state index >= 15 is 0 Å². The van der Waals surface area contributed by atoms with Gasteiger partial charge in [-0.25, -0.2) is 0 Å². The first-order valence-electron chi connectivity index (χ1n) is 2.07. The summed E-state index contributed by atoms with van der Waals surface area (Å²) in [5, 5.41) is 0. The van der Waals surface area contributed by atoms with Gasteiger partial charge in [0, 0.05) is 0 Å². The molecule has 41 valence electrons. The third kappa shape index (κ3) is 1.12. The molecule has 0 aromatic carbocycles. The predicted octanol–water partition coefficient (Wildman–Crippen LogP) is 0.125. The minimum atomic E-state index is -0.514. The molecular weight excluding hydrogens is 96.0 g/mol. The third-order valence-electron chi connectivity index (χ3n) is 0.727. The first-order valence-corrected chi connectivity index (χ1v) is 2.07. The summed E-state index contributed by atoms with van der Waals surface area (Å²) >= 11 is 0. The van der Waals surface area contributed by atoms with Crippen LogP contribution in [0.4, 0.5) is 0 Å². The highest BCUT2D eigenvalue weighted by atomic mass is 16.9. The number of rotatable bonds is 1. The monoisotopic (exact) mass is 103 g/mol. The van der Waals surface area contributed by atoms with Gasteiger partial charge in [-0.3, -0.25) is 0 Å². The van der Waals surface area contributed by atoms with Gasteiger partial charge < -0.3 is 14.2 Å². The number of hydrogen-bond donors (Lipinski definition) is 0. The Balaban J connectivity index is 2.14. The number of hydrogen-bond acceptors (Lipinski definition) is 3. The summed E-state index contributed by atoms with van der Waals surface area (Å²) in [6, 6.07) is 0. The van der Waals surface area contributed by atoms with Crippen LogP contribution >= 0.6 is 0 Å². The predicted molar refractivity (Wildman–Crippen MR) is 22.1 cm³/mol. The van der Waals surface area contributed by atoms with Crippen LogP contribution in [-0.4, -0.2) is 19.7 Å². The van der Waals surface area contributed by atoms with Crippen LogP contribution in [0.25, 0.3) is 0 Å². The Morgan fingerprint density at radius 2 is 2.00 bits per heavy atom. The van der Waals surface area contributed by atoms with Gasteiger partial charge in [-0.2, -0.15) is 0 Å². The minimum absolute atomic E-state index is 0.514. The molecule has 0 atom stereocenters. The van der Waals surface area contributed by atoms with E-state index in [0.29, 0.717) is 13.2 Å². The molecule has 0 unspecified atom stereocenters. The summed E-state index contributed by atoms with van der Waals surface area (Å²) in [4.78, 5) is 0. The molecule has 0 bridgehead atoms. The summed E-state index contributed by atoms with van der Waals surface area (Å²) in [7, 11) is 3.12. The van der Waals surface area contributed by atoms with E-state index < -0.39 is 6.48 Å². The van der Waals surface area contributed by atoms with Gasteiger partial charge in [0.05, 0.1) is 20.3 Å². The largest absolute Gasteiger partial charge is 0.328 e. The quantitative estimate of drug-likeness (QED) is 0.472. The fourth-order valence-corrected chi connectivity index (χ4v) is 0.433. The van der Waals surface area contributed by atoms with Crippen LogP contribution in [0.2, 0.25) is 0 Å². The molecule has 1 fully saturated rings. The Morgan fingerprint density at radius 3 is 2.29 bits per heavy atom. The zero-order valence-corrected chi connectivity index (χ0v) is 3.92. The molecule has 0 N–H and O–H groups in total. The molecule has 0 aromatic heterocycles. The van der Waals surface area contributed by atoms with Crippen molar-refractivity contribution in [3.8, 4) is 0 Å². The van der Waals surface area contributed by atoms with Crippen molar-refractivity contribution in [3.05, 3.63) is 7.11 Å². The highest BCUT2D eigenvalue weighted by Gasteiger charge is 2.12. The van der Waals surface area contributed by atoms with Crippen LogP contribution in [-0.2, 0) is 14.2 Å². The van der Waals surface area contributed by atoms with Gasteiger partial charge >= 0.3 is 0 Å². The molecule has 1 radical (unpaired) electrons. The molecule has 1 aliphatic heterocycles. The Morgan fingerprint density at radius 1 is 1.43 bits per heavy atom. The summed E-state index contributed by atoms with van der Waals surface area (Å²) < 4.78 is 14.0. The van der Waals surface area contributed by atoms with E-state index in [1.807, 2.05) is 0 Å². The molecule has 0 amide bonds. The molecule has 3 nitrogen and oxygen atoms in total. The van der Waals surface area contributed by atoms with Gasteiger partial charge in [0.25, 0.3) is 6.48 Å². The van der Waals surface area contributed by atoms with Crippen molar-refractivity contribution in [2.24, 2.45) is 0 Å². The lowest BCUT2D eigenvalue weighted by Crippen LogP contribution is -2.07. The maximum absolute atomic E-state index is 4.80. The first-order chi connectivity index (χ1) is 3.43. The van der Waals surface area contributed by atoms with Gasteiger partial charge in [-0.1, -0.05) is 0 Å². The Kier molecular flexibility index (Phi) is 1.62. The lowest BCUT2D eigenvalue weighted by Gasteiger charge is -2.02. The average Bonchev–Trinajstić information content (AvgIpc) is 2.14. The number of ether oxygens (including phenoxy) is 3. The van der Waals surface area contributed by atoms with E-state index in [2.05, 4.69) is 11.8 Å². The molecule has 3 heteroatoms. The highest BCUT2D eigenvalue weighted by molar-refractivity contribution is 4.37. The minimum Gasteiger partial charge on any atom is -0.328 e. The van der Waals surface area contributed by atoms with E-state index in [1.54, 1.807) is 0 Å². The summed E-state index contributed by atoms with van der Waals surface area (Å²) in [5.74, 6) is 0. The molecule has 1 rings (SSSR count). The van der Waals surface area contributed by atoms with Crippen LogP contribution in [0.1, 0.15) is 0 Å². The third-order valence-corrected chi connectivity index (χ3v) is 0.727. The second-order valence-corrected chi connectivity index (χ2v) is 1.20. The van der Waals surface area contributed by atoms with Crippen LogP contribution in [0.3, 0.4) is 0 Å². The second-order valence-electron chi connectivity index (χ2n) is 1.20. The van der Waals surface area contributed by atoms with Gasteiger partial charge in [-0.15, -0.1) is 0 Å². The fraction of sp³-hybridized carbons (Fsp3) is 0.750. The van der Waals surface area contributed by atoms with E-state index in [4.69, 9.17) is 9.47 Å². The Labute approximate surface area is 42.2 Å². The zero-order valence-electron chi connectivity index (χ0n) is 3.92. The molecule has 0 aromatic rings. The van der Waals surface area contributed by atoms with Gasteiger partial charge in [-0.05, 0) is 0 Å². The SMILES string of the molecule is [CH2]OC1OCCO1. The van der Waals surface area contributed by atoms with E-state index in [-0.39, 0.29) is 0 Å². The van der Waals surface area contributed by atoms with Crippen molar-refractivity contribution in [2.75, 3.05) is 13.2 Å². The molecule has 0 spiro atoms. The van der Waals surface area contributed by atoms with Gasteiger partial charge in [0.1, 0.15) is 0 Å². The average molecular weight is 103 g/mol. The van der Waals surface area contributed by atoms with Crippen molar-refractivity contribution in [3.63, 3.8) is 0 Å². The second kappa shape index (κ2) is 2.26. The lowest BCUT2D eigenvalue weighted by molar-refractivity contribution is -0.202. The summed E-state index contributed by atoms with van der Waals surface area (Å²) in [5.41, 5.74) is 0. The fourth-order valence-electron chi connectivity index (χ4n) is 0.433. The maximum Gasteiger partial charge on any atom is 0.271 e. The Hall–Kier alpha value is -0.120. The van der Waals surface area contributed by atoms with Crippen molar-refractivity contribution < 1.29 is 14.2 Å². The van der Waals surface area contributed by atoms with Crippen molar-refractivity contribution in [2.45, 2.75) is 6.48 Å². The Bertz CT molecular complexity index is 48.9. The van der Waals surface area contributed by atoms with Crippen molar-refractivity contribution >= 4 is 0 Å². The van der Waals surface area contributed by atoms with Crippen molar-refractivity contribution in [1.82, 2.24) is 0 Å². The van der Waals surface area contributed by atoms with Crippen LogP contribution in [0.15, 0.2) is 0 Å². The topological polar surface area (TPSA) is 27.7 Å². The molecule has 1 saturated heterocycles. The van der Waals surface area contributed by atoms with E-state index in [0.717, 1.165) is 0 Å². The summed E-state index contributed by atoms with van der Waals surface area (Å²) in [6.07, 6.45) is 0. The standard InChI is InChI=1S/C4H7O3/c1-5-4-6-2-3-7-4/h4H,1-3H2. The smallest absolute Gasteiger partial charge is 0.271 e.